The third-order valence-electron chi connectivity index (χ3n) is 6.00. The van der Waals surface area contributed by atoms with E-state index in [1.807, 2.05) is 40.3 Å². The number of aryl methyl sites for hydroxylation is 1. The first-order valence-corrected chi connectivity index (χ1v) is 11.6. The molecule has 0 spiro atoms. The van der Waals surface area contributed by atoms with Gasteiger partial charge in [-0.3, -0.25) is 9.59 Å². The van der Waals surface area contributed by atoms with Gasteiger partial charge >= 0.3 is 0 Å². The number of aromatic nitrogens is 1. The molecule has 1 aromatic heterocycles. The first-order valence-electron chi connectivity index (χ1n) is 10.7. The van der Waals surface area contributed by atoms with Gasteiger partial charge in [-0.15, -0.1) is 11.3 Å². The number of amides is 2. The van der Waals surface area contributed by atoms with Crippen molar-refractivity contribution in [3.8, 4) is 0 Å². The molecule has 164 valence electrons. The van der Waals surface area contributed by atoms with E-state index < -0.39 is 0 Å². The number of hydrogen-bond acceptors (Lipinski definition) is 5. The van der Waals surface area contributed by atoms with Gasteiger partial charge in [-0.1, -0.05) is 39.0 Å². The minimum absolute atomic E-state index is 0.0159. The molecule has 2 amide bonds. The van der Waals surface area contributed by atoms with E-state index >= 15 is 0 Å². The van der Waals surface area contributed by atoms with Gasteiger partial charge in [-0.05, 0) is 44.2 Å². The van der Waals surface area contributed by atoms with Gasteiger partial charge in [0.1, 0.15) is 6.04 Å². The van der Waals surface area contributed by atoms with Crippen LogP contribution in [0.15, 0.2) is 29.3 Å². The normalized spacial score (nSPS) is 22.7. The van der Waals surface area contributed by atoms with E-state index in [9.17, 15) is 9.59 Å². The zero-order chi connectivity index (χ0) is 21.9. The minimum Gasteiger partial charge on any atom is -0.350 e. The smallest absolute Gasteiger partial charge is 0.243 e. The monoisotopic (exact) mass is 430 g/mol. The Balaban J connectivity index is 1.56. The maximum absolute atomic E-state index is 13.1. The van der Waals surface area contributed by atoms with Crippen LogP contribution in [0.1, 0.15) is 56.5 Å². The van der Waals surface area contributed by atoms with E-state index in [0.717, 1.165) is 30.5 Å². The van der Waals surface area contributed by atoms with Gasteiger partial charge in [-0.25, -0.2) is 4.98 Å². The average Bonchev–Trinajstić information content (AvgIpc) is 3.35. The Bertz CT molecular complexity index is 837. The number of hydrogen-bond donors (Lipinski definition) is 2. The maximum atomic E-state index is 13.1. The molecule has 0 bridgehead atoms. The van der Waals surface area contributed by atoms with Gasteiger partial charge in [0.25, 0.3) is 0 Å². The summed E-state index contributed by atoms with van der Waals surface area (Å²) in [6.45, 7) is 9.31. The number of carbonyl (C=O) groups is 2. The Labute approximate surface area is 183 Å². The van der Waals surface area contributed by atoms with Crippen LogP contribution < -0.4 is 10.6 Å². The Morgan fingerprint density at radius 2 is 2.13 bits per heavy atom. The minimum atomic E-state index is -0.378. The second kappa shape index (κ2) is 9.43. The molecule has 0 saturated carbocycles. The Hall–Kier alpha value is -1.99. The zero-order valence-corrected chi connectivity index (χ0v) is 19.5. The fourth-order valence-corrected chi connectivity index (χ4v) is 5.26. The number of nitrogens with zero attached hydrogens (tertiary/aromatic N) is 2. The Kier molecular flexibility index (Phi) is 7.14. The van der Waals surface area contributed by atoms with Crippen molar-refractivity contribution in [2.24, 2.45) is 5.41 Å². The van der Waals surface area contributed by atoms with Crippen molar-refractivity contribution in [2.45, 2.75) is 65.0 Å². The Morgan fingerprint density at radius 1 is 1.37 bits per heavy atom. The lowest BCUT2D eigenvalue weighted by atomic mass is 9.86. The van der Waals surface area contributed by atoms with E-state index in [1.54, 1.807) is 16.2 Å². The molecule has 30 heavy (non-hydrogen) atoms. The lowest BCUT2D eigenvalue weighted by Crippen LogP contribution is -2.55. The summed E-state index contributed by atoms with van der Waals surface area (Å²) >= 11 is 1.70. The fraction of sp³-hybridized carbons (Fsp3) is 0.609. The number of carbonyl (C=O) groups excluding carboxylic acids is 2. The summed E-state index contributed by atoms with van der Waals surface area (Å²) in [5.41, 5.74) is 3.90. The molecule has 7 heteroatoms. The van der Waals surface area contributed by atoms with E-state index in [0.29, 0.717) is 19.0 Å². The van der Waals surface area contributed by atoms with Crippen LogP contribution in [-0.2, 0) is 9.59 Å². The number of allylic oxidation sites excluding steroid dienone is 2. The topological polar surface area (TPSA) is 74.3 Å². The highest BCUT2D eigenvalue weighted by Crippen LogP contribution is 2.31. The van der Waals surface area contributed by atoms with Crippen molar-refractivity contribution in [3.63, 3.8) is 0 Å². The molecule has 0 aromatic carbocycles. The van der Waals surface area contributed by atoms with Crippen molar-refractivity contribution in [2.75, 3.05) is 20.1 Å². The van der Waals surface area contributed by atoms with E-state index in [-0.39, 0.29) is 29.3 Å². The zero-order valence-electron chi connectivity index (χ0n) is 18.7. The predicted octanol–water partition coefficient (Wildman–Crippen LogP) is 3.16. The lowest BCUT2D eigenvalue weighted by molar-refractivity contribution is -0.141. The van der Waals surface area contributed by atoms with Gasteiger partial charge in [0.2, 0.25) is 11.8 Å². The molecule has 0 radical (unpaired) electrons. The van der Waals surface area contributed by atoms with Gasteiger partial charge in [0.05, 0.1) is 17.2 Å². The first kappa shape index (κ1) is 22.7. The molecule has 1 fully saturated rings. The van der Waals surface area contributed by atoms with Crippen LogP contribution in [0.4, 0.5) is 0 Å². The molecule has 3 atom stereocenters. The van der Waals surface area contributed by atoms with Gasteiger partial charge in [0.15, 0.2) is 0 Å². The molecule has 6 nitrogen and oxygen atoms in total. The van der Waals surface area contributed by atoms with Crippen LogP contribution >= 0.6 is 11.3 Å². The Morgan fingerprint density at radius 3 is 2.70 bits per heavy atom. The van der Waals surface area contributed by atoms with Gasteiger partial charge in [-0.2, -0.15) is 0 Å². The SMILES string of the molecule is CNC(C(=O)N1CCCC1C(=O)NCC1=CCC(c2scnc2C)C=C1)C(C)(C)C. The van der Waals surface area contributed by atoms with Crippen molar-refractivity contribution in [1.29, 1.82) is 0 Å². The molecule has 3 unspecified atom stereocenters. The highest BCUT2D eigenvalue weighted by atomic mass is 32.1. The second-order valence-electron chi connectivity index (χ2n) is 9.28. The van der Waals surface area contributed by atoms with Crippen molar-refractivity contribution >= 4 is 23.2 Å². The highest BCUT2D eigenvalue weighted by molar-refractivity contribution is 7.09. The van der Waals surface area contributed by atoms with Crippen LogP contribution in [0.25, 0.3) is 0 Å². The van der Waals surface area contributed by atoms with Crippen molar-refractivity contribution in [3.05, 3.63) is 39.9 Å². The van der Waals surface area contributed by atoms with E-state index in [4.69, 9.17) is 0 Å². The summed E-state index contributed by atoms with van der Waals surface area (Å²) in [7, 11) is 1.81. The van der Waals surface area contributed by atoms with Gasteiger partial charge in [0, 0.05) is 23.9 Å². The lowest BCUT2D eigenvalue weighted by Gasteiger charge is -2.34. The van der Waals surface area contributed by atoms with Crippen LogP contribution in [0.3, 0.4) is 0 Å². The molecule has 1 aliphatic carbocycles. The quantitative estimate of drug-likeness (QED) is 0.727. The van der Waals surface area contributed by atoms with Crippen LogP contribution in [-0.4, -0.2) is 53.9 Å². The average molecular weight is 431 g/mol. The molecule has 1 aliphatic heterocycles. The summed E-state index contributed by atoms with van der Waals surface area (Å²) in [6, 6.07) is -0.682. The van der Waals surface area contributed by atoms with Crippen LogP contribution in [0.5, 0.6) is 0 Å². The second-order valence-corrected chi connectivity index (χ2v) is 10.2. The third kappa shape index (κ3) is 5.01. The fourth-order valence-electron chi connectivity index (χ4n) is 4.36. The molecule has 2 aliphatic rings. The number of nitrogens with one attached hydrogen (secondary N) is 2. The molecule has 1 saturated heterocycles. The summed E-state index contributed by atoms with van der Waals surface area (Å²) in [6.07, 6.45) is 9.01. The molecular formula is C23H34N4O2S. The highest BCUT2D eigenvalue weighted by Gasteiger charge is 2.40. The maximum Gasteiger partial charge on any atom is 0.243 e. The van der Waals surface area contributed by atoms with E-state index in [1.165, 1.54) is 4.88 Å². The molecule has 2 heterocycles. The summed E-state index contributed by atoms with van der Waals surface area (Å²) in [4.78, 5) is 33.4. The van der Waals surface area contributed by atoms with Gasteiger partial charge < -0.3 is 15.5 Å². The van der Waals surface area contributed by atoms with Crippen molar-refractivity contribution < 1.29 is 9.59 Å². The van der Waals surface area contributed by atoms with Crippen LogP contribution in [0.2, 0.25) is 0 Å². The molecular weight excluding hydrogens is 396 g/mol. The van der Waals surface area contributed by atoms with Crippen LogP contribution in [0, 0.1) is 12.3 Å². The molecule has 1 aromatic rings. The number of thiazole rings is 1. The third-order valence-corrected chi connectivity index (χ3v) is 7.07. The van der Waals surface area contributed by atoms with E-state index in [2.05, 4.69) is 33.8 Å². The first-order chi connectivity index (χ1) is 14.2. The standard InChI is InChI=1S/C23H34N4O2S/c1-15-19(30-14-26-15)17-10-8-16(9-11-17)13-25-21(28)18-7-6-12-27(18)22(29)20(24-5)23(2,3)4/h8-10,14,17-18,20,24H,6-7,11-13H2,1-5H3,(H,25,28). The molecule has 2 N–H and O–H groups in total. The largest absolute Gasteiger partial charge is 0.350 e. The summed E-state index contributed by atoms with van der Waals surface area (Å²) < 4.78 is 0. The number of rotatable bonds is 6. The predicted molar refractivity (Wildman–Crippen MR) is 121 cm³/mol. The summed E-state index contributed by atoms with van der Waals surface area (Å²) in [5, 5.41) is 6.19. The number of likely N-dealkylation sites (tertiary alicyclic amines) is 1. The summed E-state index contributed by atoms with van der Waals surface area (Å²) in [5.74, 6) is 0.331. The van der Waals surface area contributed by atoms with Crippen molar-refractivity contribution in [1.82, 2.24) is 20.5 Å². The molecule has 3 rings (SSSR count). The number of likely N-dealkylation sites (N-methyl/N-ethyl adjacent to an activating group) is 1.